The molecule has 144 valence electrons. The molecule has 0 unspecified atom stereocenters. The first-order valence-corrected chi connectivity index (χ1v) is 9.40. The minimum atomic E-state index is 0.167. The Hall–Kier alpha value is -1.31. The van der Waals surface area contributed by atoms with Crippen LogP contribution in [0.3, 0.4) is 0 Å². The first kappa shape index (κ1) is 20.0. The SMILES string of the molecule is CN/C(=C\OCCN1CCOCC1)CC(=O)N1CCN(C(C)C)CC1. The van der Waals surface area contributed by atoms with Gasteiger partial charge >= 0.3 is 0 Å². The number of nitrogens with one attached hydrogen (secondary N) is 1. The molecule has 2 rings (SSSR count). The van der Waals surface area contributed by atoms with Gasteiger partial charge in [0.25, 0.3) is 0 Å². The van der Waals surface area contributed by atoms with Crippen LogP contribution in [0.25, 0.3) is 0 Å². The van der Waals surface area contributed by atoms with Crippen LogP contribution in [-0.4, -0.2) is 99.3 Å². The number of nitrogens with zero attached hydrogens (tertiary/aromatic N) is 3. The molecule has 0 atom stereocenters. The van der Waals surface area contributed by atoms with Gasteiger partial charge in [0.15, 0.2) is 0 Å². The zero-order valence-corrected chi connectivity index (χ0v) is 16.0. The second kappa shape index (κ2) is 10.6. The van der Waals surface area contributed by atoms with Gasteiger partial charge < -0.3 is 19.7 Å². The summed E-state index contributed by atoms with van der Waals surface area (Å²) in [6.07, 6.45) is 2.07. The van der Waals surface area contributed by atoms with E-state index in [1.807, 2.05) is 11.9 Å². The van der Waals surface area contributed by atoms with Crippen LogP contribution >= 0.6 is 0 Å². The van der Waals surface area contributed by atoms with Gasteiger partial charge in [-0.15, -0.1) is 0 Å². The van der Waals surface area contributed by atoms with Crippen molar-refractivity contribution in [3.63, 3.8) is 0 Å². The molecule has 7 nitrogen and oxygen atoms in total. The predicted octanol–water partition coefficient (Wildman–Crippen LogP) is 0.339. The zero-order chi connectivity index (χ0) is 18.1. The monoisotopic (exact) mass is 354 g/mol. The van der Waals surface area contributed by atoms with Crippen molar-refractivity contribution in [3.05, 3.63) is 12.0 Å². The zero-order valence-electron chi connectivity index (χ0n) is 16.0. The van der Waals surface area contributed by atoms with Gasteiger partial charge in [-0.05, 0) is 13.8 Å². The van der Waals surface area contributed by atoms with Crippen molar-refractivity contribution in [2.75, 3.05) is 72.7 Å². The number of rotatable bonds is 8. The number of hydrogen-bond donors (Lipinski definition) is 1. The van der Waals surface area contributed by atoms with Gasteiger partial charge in [0.1, 0.15) is 12.9 Å². The lowest BCUT2D eigenvalue weighted by atomic mass is 10.2. The highest BCUT2D eigenvalue weighted by Gasteiger charge is 2.22. The van der Waals surface area contributed by atoms with Gasteiger partial charge in [-0.25, -0.2) is 0 Å². The van der Waals surface area contributed by atoms with Gasteiger partial charge in [-0.3, -0.25) is 14.6 Å². The standard InChI is InChI=1S/C18H34N4O3/c1-16(2)21-4-6-22(7-5-21)18(23)14-17(19-3)15-25-13-10-20-8-11-24-12-9-20/h15-16,19H,4-14H2,1-3H3/b17-15-. The van der Waals surface area contributed by atoms with Crippen molar-refractivity contribution in [1.82, 2.24) is 20.0 Å². The number of amides is 1. The lowest BCUT2D eigenvalue weighted by Gasteiger charge is -2.37. The number of morpholine rings is 1. The molecule has 1 amide bonds. The minimum absolute atomic E-state index is 0.167. The summed E-state index contributed by atoms with van der Waals surface area (Å²) in [5, 5.41) is 3.08. The normalized spacial score (nSPS) is 20.8. The third-order valence-electron chi connectivity index (χ3n) is 4.91. The number of hydrogen-bond acceptors (Lipinski definition) is 6. The Morgan fingerprint density at radius 1 is 1.16 bits per heavy atom. The Morgan fingerprint density at radius 3 is 2.44 bits per heavy atom. The van der Waals surface area contributed by atoms with Crippen molar-refractivity contribution >= 4 is 5.91 Å². The Kier molecular flexibility index (Phi) is 8.51. The first-order valence-electron chi connectivity index (χ1n) is 9.40. The van der Waals surface area contributed by atoms with E-state index in [4.69, 9.17) is 9.47 Å². The fraction of sp³-hybridized carbons (Fsp3) is 0.833. The molecule has 0 aromatic carbocycles. The highest BCUT2D eigenvalue weighted by molar-refractivity contribution is 5.78. The summed E-state index contributed by atoms with van der Waals surface area (Å²) >= 11 is 0. The van der Waals surface area contributed by atoms with Crippen molar-refractivity contribution < 1.29 is 14.3 Å². The quantitative estimate of drug-likeness (QED) is 0.501. The van der Waals surface area contributed by atoms with Crippen LogP contribution in [0.1, 0.15) is 20.3 Å². The largest absolute Gasteiger partial charge is 0.498 e. The molecule has 0 saturated carbocycles. The Labute approximate surface area is 151 Å². The fourth-order valence-electron chi connectivity index (χ4n) is 3.12. The first-order chi connectivity index (χ1) is 12.1. The molecule has 2 saturated heterocycles. The number of carbonyl (C=O) groups is 1. The molecule has 2 aliphatic heterocycles. The van der Waals surface area contributed by atoms with E-state index in [9.17, 15) is 4.79 Å². The maximum absolute atomic E-state index is 12.5. The van der Waals surface area contributed by atoms with Crippen LogP contribution in [-0.2, 0) is 14.3 Å². The van der Waals surface area contributed by atoms with E-state index in [1.165, 1.54) is 0 Å². The predicted molar refractivity (Wildman–Crippen MR) is 98.3 cm³/mol. The summed E-state index contributed by atoms with van der Waals surface area (Å²) in [5.74, 6) is 0.167. The van der Waals surface area contributed by atoms with Crippen molar-refractivity contribution in [2.45, 2.75) is 26.3 Å². The molecule has 2 fully saturated rings. The average molecular weight is 354 g/mol. The minimum Gasteiger partial charge on any atom is -0.498 e. The molecule has 7 heteroatoms. The maximum atomic E-state index is 12.5. The summed E-state index contributed by atoms with van der Waals surface area (Å²) in [5.41, 5.74) is 0.832. The van der Waals surface area contributed by atoms with Crippen LogP contribution in [0.4, 0.5) is 0 Å². The van der Waals surface area contributed by atoms with Crippen LogP contribution < -0.4 is 5.32 Å². The van der Waals surface area contributed by atoms with E-state index in [2.05, 4.69) is 29.0 Å². The number of carbonyl (C=O) groups excluding carboxylic acids is 1. The Balaban J connectivity index is 1.68. The smallest absolute Gasteiger partial charge is 0.228 e. The topological polar surface area (TPSA) is 57.3 Å². The van der Waals surface area contributed by atoms with Crippen LogP contribution in [0.5, 0.6) is 0 Å². The second-order valence-electron chi connectivity index (χ2n) is 6.91. The van der Waals surface area contributed by atoms with Gasteiger partial charge in [-0.2, -0.15) is 0 Å². The number of piperazine rings is 1. The summed E-state index contributed by atoms with van der Waals surface area (Å²) in [6, 6.07) is 0.546. The Bertz CT molecular complexity index is 428. The molecule has 2 heterocycles. The van der Waals surface area contributed by atoms with Gasteiger partial charge in [0.2, 0.25) is 5.91 Å². The molecule has 1 N–H and O–H groups in total. The van der Waals surface area contributed by atoms with Gasteiger partial charge in [0.05, 0.1) is 25.3 Å². The third kappa shape index (κ3) is 6.84. The fourth-order valence-corrected chi connectivity index (χ4v) is 3.12. The molecule has 2 aliphatic rings. The van der Waals surface area contributed by atoms with Crippen molar-refractivity contribution in [2.24, 2.45) is 0 Å². The van der Waals surface area contributed by atoms with E-state index >= 15 is 0 Å². The maximum Gasteiger partial charge on any atom is 0.228 e. The summed E-state index contributed by atoms with van der Waals surface area (Å²) < 4.78 is 11.0. The lowest BCUT2D eigenvalue weighted by molar-refractivity contribution is -0.132. The third-order valence-corrected chi connectivity index (χ3v) is 4.91. The summed E-state index contributed by atoms with van der Waals surface area (Å²) in [7, 11) is 1.83. The molecule has 0 aromatic heterocycles. The molecule has 0 radical (unpaired) electrons. The van der Waals surface area contributed by atoms with Crippen LogP contribution in [0.2, 0.25) is 0 Å². The second-order valence-corrected chi connectivity index (χ2v) is 6.91. The average Bonchev–Trinajstić information content (AvgIpc) is 2.65. The summed E-state index contributed by atoms with van der Waals surface area (Å²) in [4.78, 5) is 19.2. The lowest BCUT2D eigenvalue weighted by Crippen LogP contribution is -2.50. The molecule has 0 aromatic rings. The molecule has 0 bridgehead atoms. The van der Waals surface area contributed by atoms with Crippen LogP contribution in [0.15, 0.2) is 12.0 Å². The summed E-state index contributed by atoms with van der Waals surface area (Å²) in [6.45, 7) is 13.0. The molecule has 0 spiro atoms. The molecule has 25 heavy (non-hydrogen) atoms. The number of ether oxygens (including phenoxy) is 2. The van der Waals surface area contributed by atoms with Crippen molar-refractivity contribution in [1.29, 1.82) is 0 Å². The molecule has 0 aliphatic carbocycles. The van der Waals surface area contributed by atoms with Crippen molar-refractivity contribution in [3.8, 4) is 0 Å². The van der Waals surface area contributed by atoms with E-state index < -0.39 is 0 Å². The Morgan fingerprint density at radius 2 is 1.84 bits per heavy atom. The molecular weight excluding hydrogens is 320 g/mol. The molecular formula is C18H34N4O3. The van der Waals surface area contributed by atoms with E-state index in [0.29, 0.717) is 19.1 Å². The highest BCUT2D eigenvalue weighted by atomic mass is 16.5. The van der Waals surface area contributed by atoms with Gasteiger partial charge in [0, 0.05) is 58.9 Å². The van der Waals surface area contributed by atoms with Gasteiger partial charge in [-0.1, -0.05) is 0 Å². The van der Waals surface area contributed by atoms with E-state index in [0.717, 1.165) is 64.7 Å². The van der Waals surface area contributed by atoms with E-state index in [1.54, 1.807) is 6.26 Å². The highest BCUT2D eigenvalue weighted by Crippen LogP contribution is 2.09. The van der Waals surface area contributed by atoms with Crippen LogP contribution in [0, 0.1) is 0 Å². The van der Waals surface area contributed by atoms with E-state index in [-0.39, 0.29) is 5.91 Å².